The average molecular weight is 297 g/mol. The minimum absolute atomic E-state index is 0.0241. The molecule has 3 aromatic rings. The minimum Gasteiger partial charge on any atom is -0.440 e. The molecule has 0 unspecified atom stereocenters. The number of fused-ring (bicyclic) bond motifs is 1. The number of rotatable bonds is 4. The summed E-state index contributed by atoms with van der Waals surface area (Å²) in [6.45, 7) is 0.0241. The largest absolute Gasteiger partial charge is 0.440 e. The van der Waals surface area contributed by atoms with E-state index in [9.17, 15) is 14.9 Å². The second-order valence-corrected chi connectivity index (χ2v) is 4.57. The molecule has 0 N–H and O–H groups in total. The molecule has 3 rings (SSSR count). The molecule has 7 heteroatoms. The number of ether oxygens (including phenoxy) is 1. The molecule has 0 aliphatic heterocycles. The zero-order valence-corrected chi connectivity index (χ0v) is 11.4. The highest BCUT2D eigenvalue weighted by Gasteiger charge is 2.11. The van der Waals surface area contributed by atoms with Crippen molar-refractivity contribution in [2.75, 3.05) is 0 Å². The Kier molecular flexibility index (Phi) is 3.53. The van der Waals surface area contributed by atoms with E-state index in [1.54, 1.807) is 10.9 Å². The van der Waals surface area contributed by atoms with E-state index in [0.717, 1.165) is 11.0 Å². The van der Waals surface area contributed by atoms with Crippen LogP contribution in [0.5, 0.6) is 0 Å². The Balaban J connectivity index is 1.70. The number of benzene rings is 2. The highest BCUT2D eigenvalue weighted by Crippen LogP contribution is 2.14. The van der Waals surface area contributed by atoms with E-state index in [1.807, 2.05) is 24.3 Å². The normalized spacial score (nSPS) is 10.5. The lowest BCUT2D eigenvalue weighted by Gasteiger charge is -2.06. The first-order valence-corrected chi connectivity index (χ1v) is 6.46. The lowest BCUT2D eigenvalue weighted by molar-refractivity contribution is -0.384. The van der Waals surface area contributed by atoms with Crippen molar-refractivity contribution in [2.45, 2.75) is 6.73 Å². The molecule has 0 saturated carbocycles. The topological polar surface area (TPSA) is 87.3 Å². The highest BCUT2D eigenvalue weighted by molar-refractivity contribution is 5.89. The maximum atomic E-state index is 11.9. The number of nitrogens with zero attached hydrogens (tertiary/aromatic N) is 3. The quantitative estimate of drug-likeness (QED) is 0.420. The van der Waals surface area contributed by atoms with Crippen molar-refractivity contribution in [1.82, 2.24) is 9.55 Å². The van der Waals surface area contributed by atoms with Gasteiger partial charge < -0.3 is 4.74 Å². The molecule has 0 saturated heterocycles. The molecule has 0 radical (unpaired) electrons. The molecule has 0 spiro atoms. The van der Waals surface area contributed by atoms with Gasteiger partial charge in [-0.25, -0.2) is 9.78 Å². The summed E-state index contributed by atoms with van der Waals surface area (Å²) in [6.07, 6.45) is 1.59. The molecule has 0 atom stereocenters. The van der Waals surface area contributed by atoms with Gasteiger partial charge in [0, 0.05) is 12.1 Å². The van der Waals surface area contributed by atoms with Gasteiger partial charge in [0.1, 0.15) is 0 Å². The van der Waals surface area contributed by atoms with E-state index in [1.165, 1.54) is 24.3 Å². The Hall–Kier alpha value is -3.22. The van der Waals surface area contributed by atoms with Crippen LogP contribution < -0.4 is 0 Å². The number of carbonyl (C=O) groups is 1. The molecule has 7 nitrogen and oxygen atoms in total. The molecular weight excluding hydrogens is 286 g/mol. The fraction of sp³-hybridized carbons (Fsp3) is 0.0667. The Morgan fingerprint density at radius 1 is 1.18 bits per heavy atom. The number of carbonyl (C=O) groups excluding carboxylic acids is 1. The number of esters is 1. The van der Waals surface area contributed by atoms with Crippen molar-refractivity contribution < 1.29 is 14.5 Å². The molecule has 0 aliphatic carbocycles. The predicted molar refractivity (Wildman–Crippen MR) is 78.2 cm³/mol. The summed E-state index contributed by atoms with van der Waals surface area (Å²) >= 11 is 0. The number of non-ortho nitro benzene ring substituents is 1. The summed E-state index contributed by atoms with van der Waals surface area (Å²) in [4.78, 5) is 26.2. The number of hydrogen-bond acceptors (Lipinski definition) is 5. The van der Waals surface area contributed by atoms with Gasteiger partial charge in [-0.2, -0.15) is 0 Å². The molecule has 0 aliphatic rings. The lowest BCUT2D eigenvalue weighted by atomic mass is 10.2. The maximum Gasteiger partial charge on any atom is 0.339 e. The molecule has 22 heavy (non-hydrogen) atoms. The highest BCUT2D eigenvalue weighted by atomic mass is 16.6. The standard InChI is InChI=1S/C15H11N3O4/c19-15(11-5-7-12(8-6-11)18(20)21)22-10-17-9-16-13-3-1-2-4-14(13)17/h1-9H,10H2. The Labute approximate surface area is 124 Å². The van der Waals surface area contributed by atoms with Crippen LogP contribution in [0.2, 0.25) is 0 Å². The summed E-state index contributed by atoms with van der Waals surface area (Å²) in [6, 6.07) is 12.8. The van der Waals surface area contributed by atoms with Gasteiger partial charge in [-0.05, 0) is 24.3 Å². The van der Waals surface area contributed by atoms with Crippen molar-refractivity contribution in [2.24, 2.45) is 0 Å². The van der Waals surface area contributed by atoms with Crippen LogP contribution in [-0.2, 0) is 11.5 Å². The van der Waals surface area contributed by atoms with E-state index in [2.05, 4.69) is 4.98 Å². The average Bonchev–Trinajstić information content (AvgIpc) is 2.96. The van der Waals surface area contributed by atoms with E-state index in [0.29, 0.717) is 0 Å². The van der Waals surface area contributed by atoms with E-state index in [-0.39, 0.29) is 18.0 Å². The number of nitro groups is 1. The summed E-state index contributed by atoms with van der Waals surface area (Å²) in [5.74, 6) is -0.548. The zero-order chi connectivity index (χ0) is 15.5. The van der Waals surface area contributed by atoms with Crippen molar-refractivity contribution in [3.8, 4) is 0 Å². The van der Waals surface area contributed by atoms with Gasteiger partial charge >= 0.3 is 5.97 Å². The van der Waals surface area contributed by atoms with Gasteiger partial charge in [0.2, 0.25) is 0 Å². The number of nitro benzene ring substituents is 1. The van der Waals surface area contributed by atoms with Crippen LogP contribution in [0, 0.1) is 10.1 Å². The fourth-order valence-corrected chi connectivity index (χ4v) is 2.04. The van der Waals surface area contributed by atoms with E-state index < -0.39 is 10.9 Å². The third-order valence-electron chi connectivity index (χ3n) is 3.18. The van der Waals surface area contributed by atoms with Crippen molar-refractivity contribution in [3.63, 3.8) is 0 Å². The smallest absolute Gasteiger partial charge is 0.339 e. The van der Waals surface area contributed by atoms with Crippen LogP contribution in [0.4, 0.5) is 5.69 Å². The van der Waals surface area contributed by atoms with E-state index in [4.69, 9.17) is 4.74 Å². The van der Waals surface area contributed by atoms with Crippen LogP contribution in [-0.4, -0.2) is 20.4 Å². The van der Waals surface area contributed by atoms with Crippen LogP contribution in [0.25, 0.3) is 11.0 Å². The van der Waals surface area contributed by atoms with Crippen LogP contribution in [0.3, 0.4) is 0 Å². The summed E-state index contributed by atoms with van der Waals surface area (Å²) in [5.41, 5.74) is 1.86. The predicted octanol–water partition coefficient (Wildman–Crippen LogP) is 2.76. The molecule has 0 amide bonds. The zero-order valence-electron chi connectivity index (χ0n) is 11.4. The molecule has 1 aromatic heterocycles. The number of para-hydroxylation sites is 2. The molecule has 110 valence electrons. The SMILES string of the molecule is O=C(OCn1cnc2ccccc21)c1ccc([N+](=O)[O-])cc1. The summed E-state index contributed by atoms with van der Waals surface area (Å²) < 4.78 is 6.90. The Bertz CT molecular complexity index is 839. The number of aromatic nitrogens is 2. The minimum atomic E-state index is -0.548. The second-order valence-electron chi connectivity index (χ2n) is 4.57. The molecule has 0 bridgehead atoms. The van der Waals surface area contributed by atoms with Crippen LogP contribution >= 0.6 is 0 Å². The van der Waals surface area contributed by atoms with Gasteiger partial charge in [0.05, 0.1) is 27.8 Å². The maximum absolute atomic E-state index is 11.9. The van der Waals surface area contributed by atoms with Gasteiger partial charge in [0.15, 0.2) is 6.73 Å². The van der Waals surface area contributed by atoms with Gasteiger partial charge in [0.25, 0.3) is 5.69 Å². The van der Waals surface area contributed by atoms with Crippen molar-refractivity contribution in [1.29, 1.82) is 0 Å². The Morgan fingerprint density at radius 3 is 2.64 bits per heavy atom. The molecule has 0 fully saturated rings. The summed E-state index contributed by atoms with van der Waals surface area (Å²) in [7, 11) is 0. The van der Waals surface area contributed by atoms with Gasteiger partial charge in [-0.15, -0.1) is 0 Å². The first kappa shape index (κ1) is 13.7. The molecular formula is C15H11N3O4. The Morgan fingerprint density at radius 2 is 1.91 bits per heavy atom. The van der Waals surface area contributed by atoms with Gasteiger partial charge in [-0.1, -0.05) is 12.1 Å². The molecule has 1 heterocycles. The third kappa shape index (κ3) is 2.64. The third-order valence-corrected chi connectivity index (χ3v) is 3.18. The lowest BCUT2D eigenvalue weighted by Crippen LogP contribution is -2.09. The monoisotopic (exact) mass is 297 g/mol. The summed E-state index contributed by atoms with van der Waals surface area (Å²) in [5, 5.41) is 10.6. The molecule has 2 aromatic carbocycles. The van der Waals surface area contributed by atoms with E-state index >= 15 is 0 Å². The van der Waals surface area contributed by atoms with Crippen LogP contribution in [0.1, 0.15) is 10.4 Å². The van der Waals surface area contributed by atoms with Gasteiger partial charge in [-0.3, -0.25) is 14.7 Å². The van der Waals surface area contributed by atoms with Crippen LogP contribution in [0.15, 0.2) is 54.9 Å². The second kappa shape index (κ2) is 5.65. The van der Waals surface area contributed by atoms with Crippen molar-refractivity contribution >= 4 is 22.7 Å². The van der Waals surface area contributed by atoms with Crippen molar-refractivity contribution in [3.05, 3.63) is 70.5 Å². The first-order chi connectivity index (χ1) is 10.6. The fourth-order valence-electron chi connectivity index (χ4n) is 2.04. The number of hydrogen-bond donors (Lipinski definition) is 0. The number of imidazole rings is 1. The first-order valence-electron chi connectivity index (χ1n) is 6.46.